The molecule has 1 N–H and O–H groups in total. The SMILES string of the molecule is CCCc1cc(Br)cc(C(=O)O)c1CC. The largest absolute Gasteiger partial charge is 0.478 e. The summed E-state index contributed by atoms with van der Waals surface area (Å²) in [4.78, 5) is 11.1. The molecule has 0 bridgehead atoms. The van der Waals surface area contributed by atoms with Gasteiger partial charge in [0.1, 0.15) is 0 Å². The van der Waals surface area contributed by atoms with E-state index >= 15 is 0 Å². The second kappa shape index (κ2) is 5.31. The maximum Gasteiger partial charge on any atom is 0.336 e. The van der Waals surface area contributed by atoms with E-state index in [1.807, 2.05) is 13.0 Å². The molecule has 0 heterocycles. The minimum absolute atomic E-state index is 0.426. The van der Waals surface area contributed by atoms with Crippen molar-refractivity contribution in [2.75, 3.05) is 0 Å². The van der Waals surface area contributed by atoms with Gasteiger partial charge in [-0.25, -0.2) is 4.79 Å². The Hall–Kier alpha value is -0.830. The van der Waals surface area contributed by atoms with E-state index in [1.54, 1.807) is 6.07 Å². The molecule has 0 saturated heterocycles. The standard InChI is InChI=1S/C12H15BrO2/c1-3-5-8-6-9(13)7-11(12(14)15)10(8)4-2/h6-7H,3-5H2,1-2H3,(H,14,15). The zero-order valence-corrected chi connectivity index (χ0v) is 10.6. The van der Waals surface area contributed by atoms with E-state index < -0.39 is 5.97 Å². The van der Waals surface area contributed by atoms with Crippen molar-refractivity contribution in [2.24, 2.45) is 0 Å². The average Bonchev–Trinajstić information content (AvgIpc) is 2.17. The van der Waals surface area contributed by atoms with E-state index in [4.69, 9.17) is 5.11 Å². The average molecular weight is 271 g/mol. The molecule has 0 radical (unpaired) electrons. The predicted octanol–water partition coefficient (Wildman–Crippen LogP) is 3.66. The topological polar surface area (TPSA) is 37.3 Å². The summed E-state index contributed by atoms with van der Waals surface area (Å²) in [5, 5.41) is 9.09. The molecule has 0 aliphatic rings. The molecule has 0 aliphatic carbocycles. The van der Waals surface area contributed by atoms with Crippen molar-refractivity contribution in [1.82, 2.24) is 0 Å². The van der Waals surface area contributed by atoms with Gasteiger partial charge in [0.05, 0.1) is 5.56 Å². The van der Waals surface area contributed by atoms with Crippen LogP contribution in [-0.2, 0) is 12.8 Å². The lowest BCUT2D eigenvalue weighted by Gasteiger charge is -2.11. The number of aromatic carboxylic acids is 1. The Morgan fingerprint density at radius 2 is 2.07 bits per heavy atom. The molecule has 0 saturated carbocycles. The second-order valence-electron chi connectivity index (χ2n) is 3.50. The van der Waals surface area contributed by atoms with Gasteiger partial charge in [-0.2, -0.15) is 0 Å². The minimum Gasteiger partial charge on any atom is -0.478 e. The van der Waals surface area contributed by atoms with E-state index in [1.165, 1.54) is 0 Å². The molecule has 0 aromatic heterocycles. The number of rotatable bonds is 4. The molecule has 15 heavy (non-hydrogen) atoms. The lowest BCUT2D eigenvalue weighted by molar-refractivity contribution is 0.0695. The van der Waals surface area contributed by atoms with Crippen molar-refractivity contribution in [3.05, 3.63) is 33.3 Å². The Morgan fingerprint density at radius 1 is 1.40 bits per heavy atom. The molecule has 1 aromatic rings. The van der Waals surface area contributed by atoms with E-state index in [-0.39, 0.29) is 0 Å². The Bertz CT molecular complexity index is 372. The third-order valence-corrected chi connectivity index (χ3v) is 2.87. The number of hydrogen-bond donors (Lipinski definition) is 1. The molecule has 0 amide bonds. The number of carboxylic acid groups (broad SMARTS) is 1. The van der Waals surface area contributed by atoms with Gasteiger partial charge >= 0.3 is 5.97 Å². The molecule has 3 heteroatoms. The van der Waals surface area contributed by atoms with Crippen LogP contribution in [0.5, 0.6) is 0 Å². The fraction of sp³-hybridized carbons (Fsp3) is 0.417. The van der Waals surface area contributed by atoms with Crippen LogP contribution in [0.1, 0.15) is 41.8 Å². The summed E-state index contributed by atoms with van der Waals surface area (Å²) in [6.07, 6.45) is 2.73. The Labute approximate surface area is 98.4 Å². The number of carboxylic acids is 1. The summed E-state index contributed by atoms with van der Waals surface area (Å²) in [6, 6.07) is 3.70. The fourth-order valence-electron chi connectivity index (χ4n) is 1.79. The maximum absolute atomic E-state index is 11.1. The van der Waals surface area contributed by atoms with E-state index in [0.717, 1.165) is 34.9 Å². The molecule has 1 rings (SSSR count). The van der Waals surface area contributed by atoms with Gasteiger partial charge in [-0.15, -0.1) is 0 Å². The smallest absolute Gasteiger partial charge is 0.336 e. The third-order valence-electron chi connectivity index (χ3n) is 2.41. The number of halogens is 1. The van der Waals surface area contributed by atoms with E-state index in [0.29, 0.717) is 5.56 Å². The summed E-state index contributed by atoms with van der Waals surface area (Å²) in [6.45, 7) is 4.09. The molecule has 82 valence electrons. The van der Waals surface area contributed by atoms with E-state index in [2.05, 4.69) is 22.9 Å². The van der Waals surface area contributed by atoms with E-state index in [9.17, 15) is 4.79 Å². The molecule has 0 spiro atoms. The molecule has 0 aliphatic heterocycles. The van der Waals surface area contributed by atoms with Crippen LogP contribution < -0.4 is 0 Å². The van der Waals surface area contributed by atoms with Gasteiger partial charge in [0, 0.05) is 4.47 Å². The summed E-state index contributed by atoms with van der Waals surface area (Å²) < 4.78 is 0.848. The zero-order valence-electron chi connectivity index (χ0n) is 9.01. The summed E-state index contributed by atoms with van der Waals surface area (Å²) in [5.41, 5.74) is 2.54. The summed E-state index contributed by atoms with van der Waals surface area (Å²) in [5.74, 6) is -0.842. The van der Waals surface area contributed by atoms with Crippen LogP contribution in [0.3, 0.4) is 0 Å². The summed E-state index contributed by atoms with van der Waals surface area (Å²) in [7, 11) is 0. The van der Waals surface area contributed by atoms with Crippen LogP contribution in [0.2, 0.25) is 0 Å². The molecule has 0 fully saturated rings. The highest BCUT2D eigenvalue weighted by molar-refractivity contribution is 9.10. The Kier molecular flexibility index (Phi) is 4.33. The van der Waals surface area contributed by atoms with Crippen LogP contribution >= 0.6 is 15.9 Å². The Morgan fingerprint density at radius 3 is 2.53 bits per heavy atom. The lowest BCUT2D eigenvalue weighted by Crippen LogP contribution is -2.05. The highest BCUT2D eigenvalue weighted by atomic mass is 79.9. The van der Waals surface area contributed by atoms with Crippen LogP contribution in [-0.4, -0.2) is 11.1 Å². The first kappa shape index (κ1) is 12.2. The van der Waals surface area contributed by atoms with Crippen LogP contribution in [0.25, 0.3) is 0 Å². The van der Waals surface area contributed by atoms with Gasteiger partial charge in [0.15, 0.2) is 0 Å². The highest BCUT2D eigenvalue weighted by Gasteiger charge is 2.13. The normalized spacial score (nSPS) is 10.3. The van der Waals surface area contributed by atoms with Crippen molar-refractivity contribution < 1.29 is 9.90 Å². The summed E-state index contributed by atoms with van der Waals surface area (Å²) >= 11 is 3.35. The van der Waals surface area contributed by atoms with Gasteiger partial charge in [-0.3, -0.25) is 0 Å². The fourth-order valence-corrected chi connectivity index (χ4v) is 2.30. The number of hydrogen-bond acceptors (Lipinski definition) is 1. The van der Waals surface area contributed by atoms with Crippen molar-refractivity contribution in [3.8, 4) is 0 Å². The zero-order chi connectivity index (χ0) is 11.4. The van der Waals surface area contributed by atoms with Crippen molar-refractivity contribution in [2.45, 2.75) is 33.1 Å². The molecule has 2 nitrogen and oxygen atoms in total. The van der Waals surface area contributed by atoms with Crippen LogP contribution in [0.15, 0.2) is 16.6 Å². The molecule has 0 atom stereocenters. The van der Waals surface area contributed by atoms with Gasteiger partial charge < -0.3 is 5.11 Å². The Balaban J connectivity index is 3.31. The third kappa shape index (κ3) is 2.81. The minimum atomic E-state index is -0.842. The first-order chi connectivity index (χ1) is 7.10. The predicted molar refractivity (Wildman–Crippen MR) is 64.5 cm³/mol. The van der Waals surface area contributed by atoms with Crippen LogP contribution in [0.4, 0.5) is 0 Å². The number of aryl methyl sites for hydroxylation is 1. The molecular weight excluding hydrogens is 256 g/mol. The van der Waals surface area contributed by atoms with Gasteiger partial charge in [0.2, 0.25) is 0 Å². The van der Waals surface area contributed by atoms with Gasteiger partial charge in [0.25, 0.3) is 0 Å². The van der Waals surface area contributed by atoms with Crippen molar-refractivity contribution >= 4 is 21.9 Å². The maximum atomic E-state index is 11.1. The van der Waals surface area contributed by atoms with Gasteiger partial charge in [-0.1, -0.05) is 36.2 Å². The number of carbonyl (C=O) groups is 1. The van der Waals surface area contributed by atoms with Crippen molar-refractivity contribution in [1.29, 1.82) is 0 Å². The highest BCUT2D eigenvalue weighted by Crippen LogP contribution is 2.23. The second-order valence-corrected chi connectivity index (χ2v) is 4.42. The number of benzene rings is 1. The molecule has 0 unspecified atom stereocenters. The van der Waals surface area contributed by atoms with Crippen LogP contribution in [0, 0.1) is 0 Å². The molecular formula is C12H15BrO2. The first-order valence-corrected chi connectivity index (χ1v) is 5.94. The lowest BCUT2D eigenvalue weighted by atomic mass is 9.96. The van der Waals surface area contributed by atoms with Gasteiger partial charge in [-0.05, 0) is 36.1 Å². The molecule has 1 aromatic carbocycles. The first-order valence-electron chi connectivity index (χ1n) is 5.14. The van der Waals surface area contributed by atoms with Crippen molar-refractivity contribution in [3.63, 3.8) is 0 Å². The quantitative estimate of drug-likeness (QED) is 0.907. The monoisotopic (exact) mass is 270 g/mol.